The Morgan fingerprint density at radius 3 is 2.64 bits per heavy atom. The highest BCUT2D eigenvalue weighted by Gasteiger charge is 2.08. The number of aromatic nitrogens is 2. The van der Waals surface area contributed by atoms with Crippen LogP contribution in [-0.2, 0) is 4.74 Å². The van der Waals surface area contributed by atoms with Gasteiger partial charge in [0.1, 0.15) is 0 Å². The van der Waals surface area contributed by atoms with Crippen molar-refractivity contribution in [2.75, 3.05) is 11.9 Å². The second kappa shape index (κ2) is 7.58. The Hall–Kier alpha value is -3.16. The fourth-order valence-corrected chi connectivity index (χ4v) is 1.58. The molecule has 1 heterocycles. The Bertz CT molecular complexity index is 648. The van der Waals surface area contributed by atoms with Gasteiger partial charge in [0, 0.05) is 23.6 Å². The number of carbonyl (C=O) groups excluding carboxylic acids is 2. The van der Waals surface area contributed by atoms with E-state index in [1.807, 2.05) is 0 Å². The molecule has 0 fully saturated rings. The first-order valence-electron chi connectivity index (χ1n) is 6.56. The fourth-order valence-electron chi connectivity index (χ4n) is 1.58. The highest BCUT2D eigenvalue weighted by atomic mass is 16.5. The molecule has 1 aromatic heterocycles. The topological polar surface area (TPSA) is 105 Å². The zero-order chi connectivity index (χ0) is 15.8. The minimum absolute atomic E-state index is 0.220. The minimum Gasteiger partial charge on any atom is -0.449 e. The van der Waals surface area contributed by atoms with Crippen LogP contribution in [0.1, 0.15) is 17.3 Å². The van der Waals surface area contributed by atoms with Crippen molar-refractivity contribution in [3.05, 3.63) is 48.3 Å². The molecule has 0 aliphatic rings. The third-order valence-electron chi connectivity index (χ3n) is 2.50. The van der Waals surface area contributed by atoms with Crippen molar-refractivity contribution in [3.63, 3.8) is 0 Å². The molecule has 8 nitrogen and oxygen atoms in total. The number of rotatable bonds is 4. The van der Waals surface area contributed by atoms with Crippen molar-refractivity contribution in [1.82, 2.24) is 20.8 Å². The van der Waals surface area contributed by atoms with Crippen LogP contribution in [0.25, 0.3) is 0 Å². The van der Waals surface area contributed by atoms with Crippen LogP contribution in [0, 0.1) is 0 Å². The van der Waals surface area contributed by atoms with Crippen molar-refractivity contribution in [1.29, 1.82) is 0 Å². The number of hydrazine groups is 1. The van der Waals surface area contributed by atoms with Crippen LogP contribution in [0.15, 0.2) is 42.7 Å². The maximum Gasteiger partial charge on any atom is 0.426 e. The largest absolute Gasteiger partial charge is 0.449 e. The maximum absolute atomic E-state index is 11.9. The van der Waals surface area contributed by atoms with Crippen LogP contribution >= 0.6 is 0 Å². The van der Waals surface area contributed by atoms with Crippen LogP contribution in [0.3, 0.4) is 0 Å². The van der Waals surface area contributed by atoms with Gasteiger partial charge in [0.15, 0.2) is 0 Å². The van der Waals surface area contributed by atoms with Crippen molar-refractivity contribution in [2.45, 2.75) is 6.92 Å². The number of nitrogens with one attached hydrogen (secondary N) is 3. The number of anilines is 2. The van der Waals surface area contributed by atoms with Gasteiger partial charge in [0.2, 0.25) is 5.95 Å². The summed E-state index contributed by atoms with van der Waals surface area (Å²) in [6.07, 6.45) is 2.49. The number of hydrogen-bond donors (Lipinski definition) is 3. The summed E-state index contributed by atoms with van der Waals surface area (Å²) >= 11 is 0. The molecular formula is C14H15N5O3. The Kier molecular flexibility index (Phi) is 5.25. The van der Waals surface area contributed by atoms with Crippen LogP contribution in [0.5, 0.6) is 0 Å². The number of amides is 2. The average molecular weight is 301 g/mol. The zero-order valence-electron chi connectivity index (χ0n) is 11.9. The third kappa shape index (κ3) is 4.44. The predicted molar refractivity (Wildman–Crippen MR) is 79.4 cm³/mol. The van der Waals surface area contributed by atoms with Crippen molar-refractivity contribution >= 4 is 23.6 Å². The lowest BCUT2D eigenvalue weighted by Crippen LogP contribution is -2.41. The van der Waals surface area contributed by atoms with Gasteiger partial charge < -0.3 is 10.1 Å². The molecule has 8 heteroatoms. The summed E-state index contributed by atoms with van der Waals surface area (Å²) < 4.78 is 4.64. The molecule has 114 valence electrons. The number of benzene rings is 1. The van der Waals surface area contributed by atoms with E-state index in [-0.39, 0.29) is 6.61 Å². The van der Waals surface area contributed by atoms with Gasteiger partial charge in [-0.25, -0.2) is 20.2 Å². The molecule has 0 radical (unpaired) electrons. The monoisotopic (exact) mass is 301 g/mol. The van der Waals surface area contributed by atoms with Crippen LogP contribution < -0.4 is 16.2 Å². The van der Waals surface area contributed by atoms with E-state index in [4.69, 9.17) is 0 Å². The molecule has 2 aromatic rings. The summed E-state index contributed by atoms with van der Waals surface area (Å²) in [7, 11) is 0. The quantitative estimate of drug-likeness (QED) is 0.741. The number of carbonyl (C=O) groups is 2. The van der Waals surface area contributed by atoms with Crippen molar-refractivity contribution < 1.29 is 14.3 Å². The molecule has 0 aliphatic carbocycles. The Balaban J connectivity index is 1.98. The minimum atomic E-state index is -0.720. The van der Waals surface area contributed by atoms with Crippen LogP contribution in [-0.4, -0.2) is 28.6 Å². The molecule has 0 spiro atoms. The summed E-state index contributed by atoms with van der Waals surface area (Å²) in [5.41, 5.74) is 5.40. The van der Waals surface area contributed by atoms with E-state index in [1.165, 1.54) is 0 Å². The highest BCUT2D eigenvalue weighted by Crippen LogP contribution is 2.14. The van der Waals surface area contributed by atoms with Crippen LogP contribution in [0.4, 0.5) is 16.4 Å². The van der Waals surface area contributed by atoms with Gasteiger partial charge in [-0.1, -0.05) is 6.07 Å². The number of nitrogens with zero attached hydrogens (tertiary/aromatic N) is 2. The molecule has 2 rings (SSSR count). The standard InChI is InChI=1S/C14H15N5O3/c1-2-22-14(21)19-18-12(20)10-5-3-6-11(9-10)17-13-15-7-4-8-16-13/h3-9H,2H2,1H3,(H,18,20)(H,19,21)(H,15,16,17). The van der Waals surface area contributed by atoms with Gasteiger partial charge in [-0.3, -0.25) is 10.2 Å². The van der Waals surface area contributed by atoms with E-state index in [9.17, 15) is 9.59 Å². The molecule has 1 aromatic carbocycles. The number of ether oxygens (including phenoxy) is 1. The van der Waals surface area contributed by atoms with Crippen molar-refractivity contribution in [3.8, 4) is 0 Å². The van der Waals surface area contributed by atoms with Gasteiger partial charge in [0.25, 0.3) is 5.91 Å². The second-order valence-electron chi connectivity index (χ2n) is 4.08. The maximum atomic E-state index is 11.9. The average Bonchev–Trinajstić information content (AvgIpc) is 2.54. The number of hydrogen-bond acceptors (Lipinski definition) is 6. The fraction of sp³-hybridized carbons (Fsp3) is 0.143. The highest BCUT2D eigenvalue weighted by molar-refractivity contribution is 5.95. The molecule has 0 saturated heterocycles. The van der Waals surface area contributed by atoms with E-state index in [0.717, 1.165) is 0 Å². The molecule has 0 atom stereocenters. The first kappa shape index (κ1) is 15.2. The molecule has 3 N–H and O–H groups in total. The normalized spacial score (nSPS) is 9.68. The second-order valence-corrected chi connectivity index (χ2v) is 4.08. The Morgan fingerprint density at radius 1 is 1.14 bits per heavy atom. The van der Waals surface area contributed by atoms with E-state index in [0.29, 0.717) is 17.2 Å². The van der Waals surface area contributed by atoms with E-state index in [2.05, 4.69) is 30.9 Å². The van der Waals surface area contributed by atoms with E-state index >= 15 is 0 Å². The summed E-state index contributed by atoms with van der Waals surface area (Å²) in [5.74, 6) is -0.0459. The summed E-state index contributed by atoms with van der Waals surface area (Å²) in [4.78, 5) is 31.1. The van der Waals surface area contributed by atoms with E-state index in [1.54, 1.807) is 49.6 Å². The van der Waals surface area contributed by atoms with Gasteiger partial charge >= 0.3 is 6.09 Å². The molecule has 22 heavy (non-hydrogen) atoms. The molecule has 2 amide bonds. The first-order chi connectivity index (χ1) is 10.7. The van der Waals surface area contributed by atoms with Crippen LogP contribution in [0.2, 0.25) is 0 Å². The first-order valence-corrected chi connectivity index (χ1v) is 6.56. The molecule has 0 aliphatic heterocycles. The third-order valence-corrected chi connectivity index (χ3v) is 2.50. The Labute approximate surface area is 126 Å². The predicted octanol–water partition coefficient (Wildman–Crippen LogP) is 1.61. The zero-order valence-corrected chi connectivity index (χ0v) is 11.9. The molecule has 0 saturated carbocycles. The molecular weight excluding hydrogens is 286 g/mol. The summed E-state index contributed by atoms with van der Waals surface area (Å²) in [5, 5.41) is 2.97. The van der Waals surface area contributed by atoms with Gasteiger partial charge in [-0.15, -0.1) is 0 Å². The van der Waals surface area contributed by atoms with Crippen molar-refractivity contribution in [2.24, 2.45) is 0 Å². The molecule has 0 unspecified atom stereocenters. The lowest BCUT2D eigenvalue weighted by atomic mass is 10.2. The van der Waals surface area contributed by atoms with Gasteiger partial charge in [-0.2, -0.15) is 0 Å². The van der Waals surface area contributed by atoms with E-state index < -0.39 is 12.0 Å². The van der Waals surface area contributed by atoms with Gasteiger partial charge in [-0.05, 0) is 31.2 Å². The lowest BCUT2D eigenvalue weighted by molar-refractivity contribution is 0.0912. The smallest absolute Gasteiger partial charge is 0.426 e. The SMILES string of the molecule is CCOC(=O)NNC(=O)c1cccc(Nc2ncccn2)c1. The lowest BCUT2D eigenvalue weighted by Gasteiger charge is -2.09. The van der Waals surface area contributed by atoms with Gasteiger partial charge in [0.05, 0.1) is 6.61 Å². The summed E-state index contributed by atoms with van der Waals surface area (Å²) in [6, 6.07) is 8.39. The summed E-state index contributed by atoms with van der Waals surface area (Å²) in [6.45, 7) is 1.89. The Morgan fingerprint density at radius 2 is 1.91 bits per heavy atom. The molecule has 0 bridgehead atoms.